The van der Waals surface area contributed by atoms with Crippen molar-refractivity contribution in [1.29, 1.82) is 0 Å². The lowest BCUT2D eigenvalue weighted by atomic mass is 10.1. The van der Waals surface area contributed by atoms with Crippen molar-refractivity contribution in [2.24, 2.45) is 0 Å². The molecular weight excluding hydrogens is 427 g/mol. The van der Waals surface area contributed by atoms with Crippen molar-refractivity contribution in [3.8, 4) is 0 Å². The summed E-state index contributed by atoms with van der Waals surface area (Å²) in [6.07, 6.45) is -6.32. The van der Waals surface area contributed by atoms with Gasteiger partial charge in [-0.25, -0.2) is 4.79 Å². The van der Waals surface area contributed by atoms with Crippen LogP contribution in [0, 0.1) is 0 Å². The molecule has 0 bridgehead atoms. The predicted octanol–water partition coefficient (Wildman–Crippen LogP) is 3.21. The van der Waals surface area contributed by atoms with E-state index in [4.69, 9.17) is 4.74 Å². The van der Waals surface area contributed by atoms with E-state index < -0.39 is 24.0 Å². The first-order valence-electron chi connectivity index (χ1n) is 9.41. The van der Waals surface area contributed by atoms with Crippen LogP contribution in [-0.4, -0.2) is 69.8 Å². The zero-order valence-electron chi connectivity index (χ0n) is 16.2. The number of hydrogen-bond acceptors (Lipinski definition) is 6. The molecule has 8 nitrogen and oxygen atoms in total. The average molecular weight is 444 g/mol. The van der Waals surface area contributed by atoms with Crippen LogP contribution in [0.5, 0.6) is 0 Å². The summed E-state index contributed by atoms with van der Waals surface area (Å²) >= 11 is 0. The van der Waals surface area contributed by atoms with Crippen LogP contribution in [-0.2, 0) is 10.7 Å². The molecule has 166 valence electrons. The number of aromatic nitrogens is 4. The van der Waals surface area contributed by atoms with Crippen molar-refractivity contribution in [1.82, 2.24) is 24.7 Å². The van der Waals surface area contributed by atoms with Crippen molar-refractivity contribution >= 4 is 28.3 Å². The summed E-state index contributed by atoms with van der Waals surface area (Å²) in [5.41, 5.74) is -0.205. The Balaban J connectivity index is 1.79. The quantitative estimate of drug-likeness (QED) is 0.578. The molecule has 0 N–H and O–H groups in total. The van der Waals surface area contributed by atoms with Gasteiger partial charge >= 0.3 is 18.2 Å². The van der Waals surface area contributed by atoms with Gasteiger partial charge in [0.05, 0.1) is 6.61 Å². The number of amides is 1. The Morgan fingerprint density at radius 1 is 1.03 bits per heavy atom. The van der Waals surface area contributed by atoms with Gasteiger partial charge in [-0.05, 0) is 6.92 Å². The standard InChI is InChI=1S/C18H17F5N6O2/c1-2-31-16(30)28-9-7-27(8-10-28)14-12-6-4-3-5-11(12)13-24-25-15(29(13)26-14)17(19,20)18(21,22)23/h3-6H,2,7-10H2,1H3. The average Bonchev–Trinajstić information content (AvgIpc) is 3.17. The van der Waals surface area contributed by atoms with Crippen LogP contribution >= 0.6 is 0 Å². The van der Waals surface area contributed by atoms with Gasteiger partial charge in [0.15, 0.2) is 11.5 Å². The van der Waals surface area contributed by atoms with Crippen LogP contribution in [0.1, 0.15) is 12.7 Å². The fourth-order valence-electron chi connectivity index (χ4n) is 3.44. The molecule has 2 aromatic heterocycles. The molecule has 3 heterocycles. The highest BCUT2D eigenvalue weighted by Crippen LogP contribution is 2.43. The minimum absolute atomic E-state index is 0.200. The van der Waals surface area contributed by atoms with Crippen LogP contribution in [0.3, 0.4) is 0 Å². The third-order valence-corrected chi connectivity index (χ3v) is 4.99. The molecule has 13 heteroatoms. The number of alkyl halides is 5. The van der Waals surface area contributed by atoms with E-state index in [1.807, 2.05) is 0 Å². The van der Waals surface area contributed by atoms with Crippen LogP contribution < -0.4 is 4.90 Å². The smallest absolute Gasteiger partial charge is 0.450 e. The van der Waals surface area contributed by atoms with Crippen LogP contribution in [0.4, 0.5) is 32.6 Å². The molecule has 0 unspecified atom stereocenters. The lowest BCUT2D eigenvalue weighted by Gasteiger charge is -2.35. The van der Waals surface area contributed by atoms with E-state index in [-0.39, 0.29) is 44.3 Å². The Morgan fingerprint density at radius 2 is 1.68 bits per heavy atom. The van der Waals surface area contributed by atoms with Crippen LogP contribution in [0.25, 0.3) is 16.4 Å². The number of anilines is 1. The van der Waals surface area contributed by atoms with Crippen molar-refractivity contribution in [3.63, 3.8) is 0 Å². The lowest BCUT2D eigenvalue weighted by Crippen LogP contribution is -2.49. The van der Waals surface area contributed by atoms with E-state index in [0.29, 0.717) is 15.3 Å². The number of piperazine rings is 1. The fourth-order valence-corrected chi connectivity index (χ4v) is 3.44. The number of ether oxygens (including phenoxy) is 1. The summed E-state index contributed by atoms with van der Waals surface area (Å²) in [6.45, 7) is 3.04. The van der Waals surface area contributed by atoms with Gasteiger partial charge in [-0.1, -0.05) is 24.3 Å². The molecule has 31 heavy (non-hydrogen) atoms. The first-order valence-corrected chi connectivity index (χ1v) is 9.41. The van der Waals surface area contributed by atoms with E-state index in [0.717, 1.165) is 0 Å². The van der Waals surface area contributed by atoms with E-state index in [1.165, 1.54) is 4.90 Å². The van der Waals surface area contributed by atoms with Gasteiger partial charge in [-0.3, -0.25) is 0 Å². The topological polar surface area (TPSA) is 75.9 Å². The molecule has 0 spiro atoms. The molecular formula is C18H17F5N6O2. The maximum Gasteiger partial charge on any atom is 0.461 e. The van der Waals surface area contributed by atoms with Gasteiger partial charge in [0.2, 0.25) is 5.82 Å². The summed E-state index contributed by atoms with van der Waals surface area (Å²) in [5.74, 6) is -6.64. The highest BCUT2D eigenvalue weighted by molar-refractivity contribution is 6.00. The Bertz CT molecular complexity index is 1120. The van der Waals surface area contributed by atoms with E-state index >= 15 is 0 Å². The van der Waals surface area contributed by atoms with Gasteiger partial charge in [-0.2, -0.15) is 26.5 Å². The number of nitrogens with zero attached hydrogens (tertiary/aromatic N) is 6. The van der Waals surface area contributed by atoms with Gasteiger partial charge < -0.3 is 14.5 Å². The summed E-state index contributed by atoms with van der Waals surface area (Å²) in [6, 6.07) is 6.53. The number of carbonyl (C=O) groups excluding carboxylic acids is 1. The Kier molecular flexibility index (Phi) is 5.06. The SMILES string of the molecule is CCOC(=O)N1CCN(c2nn3c(C(F)(F)C(F)(F)F)nnc3c3ccccc23)CC1. The molecule has 0 radical (unpaired) electrons. The van der Waals surface area contributed by atoms with Crippen molar-refractivity contribution in [3.05, 3.63) is 30.1 Å². The second-order valence-corrected chi connectivity index (χ2v) is 6.87. The van der Waals surface area contributed by atoms with Crippen LogP contribution in [0.15, 0.2) is 24.3 Å². The minimum Gasteiger partial charge on any atom is -0.450 e. The second kappa shape index (κ2) is 7.46. The Morgan fingerprint density at radius 3 is 2.29 bits per heavy atom. The van der Waals surface area contributed by atoms with Crippen molar-refractivity contribution < 1.29 is 31.5 Å². The first-order chi connectivity index (χ1) is 14.6. The van der Waals surface area contributed by atoms with E-state index in [9.17, 15) is 26.7 Å². The maximum absolute atomic E-state index is 14.1. The maximum atomic E-state index is 14.1. The summed E-state index contributed by atoms with van der Waals surface area (Å²) < 4.78 is 72.4. The molecule has 0 saturated carbocycles. The lowest BCUT2D eigenvalue weighted by molar-refractivity contribution is -0.293. The van der Waals surface area contributed by atoms with Crippen molar-refractivity contribution in [2.75, 3.05) is 37.7 Å². The molecule has 1 aromatic carbocycles. The molecule has 1 fully saturated rings. The number of carbonyl (C=O) groups is 1. The molecule has 1 aliphatic heterocycles. The molecule has 4 rings (SSSR count). The number of halogens is 5. The zero-order chi connectivity index (χ0) is 22.4. The highest BCUT2D eigenvalue weighted by atomic mass is 19.4. The monoisotopic (exact) mass is 444 g/mol. The van der Waals surface area contributed by atoms with Gasteiger partial charge in [0.1, 0.15) is 0 Å². The normalized spacial score (nSPS) is 15.7. The third kappa shape index (κ3) is 3.47. The Labute approximate surface area is 172 Å². The number of benzene rings is 1. The highest BCUT2D eigenvalue weighted by Gasteiger charge is 2.62. The summed E-state index contributed by atoms with van der Waals surface area (Å²) in [5, 5.41) is 11.6. The molecule has 1 amide bonds. The first kappa shape index (κ1) is 21.0. The van der Waals surface area contributed by atoms with E-state index in [1.54, 1.807) is 36.1 Å². The molecule has 3 aromatic rings. The van der Waals surface area contributed by atoms with Crippen LogP contribution in [0.2, 0.25) is 0 Å². The molecule has 0 atom stereocenters. The zero-order valence-corrected chi connectivity index (χ0v) is 16.2. The van der Waals surface area contributed by atoms with Gasteiger partial charge in [-0.15, -0.1) is 15.3 Å². The largest absolute Gasteiger partial charge is 0.461 e. The molecule has 1 aliphatic rings. The molecule has 1 saturated heterocycles. The summed E-state index contributed by atoms with van der Waals surface area (Å²) in [4.78, 5) is 15.1. The van der Waals surface area contributed by atoms with E-state index in [2.05, 4.69) is 15.3 Å². The number of fused-ring (bicyclic) bond motifs is 3. The Hall–Kier alpha value is -3.25. The molecule has 0 aliphatic carbocycles. The van der Waals surface area contributed by atoms with Crippen molar-refractivity contribution in [2.45, 2.75) is 19.0 Å². The number of hydrogen-bond donors (Lipinski definition) is 0. The third-order valence-electron chi connectivity index (χ3n) is 4.99. The predicted molar refractivity (Wildman–Crippen MR) is 99.0 cm³/mol. The fraction of sp³-hybridized carbons (Fsp3) is 0.444. The minimum atomic E-state index is -5.85. The summed E-state index contributed by atoms with van der Waals surface area (Å²) in [7, 11) is 0. The van der Waals surface area contributed by atoms with Gasteiger partial charge in [0, 0.05) is 37.0 Å². The van der Waals surface area contributed by atoms with Gasteiger partial charge in [0.25, 0.3) is 0 Å². The second-order valence-electron chi connectivity index (χ2n) is 6.87. The number of rotatable bonds is 3.